The fraction of sp³-hybridized carbons (Fsp3) is 0.357. The second-order valence-electron chi connectivity index (χ2n) is 4.28. The molecule has 1 atom stereocenters. The highest BCUT2D eigenvalue weighted by Gasteiger charge is 2.16. The summed E-state index contributed by atoms with van der Waals surface area (Å²) in [5.74, 6) is -0.403. The normalized spacial score (nSPS) is 12.1. The van der Waals surface area contributed by atoms with Crippen molar-refractivity contribution < 1.29 is 14.3 Å². The fourth-order valence-electron chi connectivity index (χ4n) is 1.65. The molecule has 2 aromatic rings. The number of para-hydroxylation sites is 1. The van der Waals surface area contributed by atoms with Crippen LogP contribution in [0.15, 0.2) is 28.6 Å². The third-order valence-electron chi connectivity index (χ3n) is 2.62. The highest BCUT2D eigenvalue weighted by molar-refractivity contribution is 8.01. The molecular weight excluding hydrogens is 308 g/mol. The van der Waals surface area contributed by atoms with Crippen LogP contribution in [0.3, 0.4) is 0 Å². The molecule has 0 aliphatic carbocycles. The van der Waals surface area contributed by atoms with Crippen LogP contribution in [-0.2, 0) is 14.3 Å². The van der Waals surface area contributed by atoms with Gasteiger partial charge in [-0.1, -0.05) is 23.9 Å². The first-order valence-electron chi connectivity index (χ1n) is 6.54. The zero-order valence-electron chi connectivity index (χ0n) is 11.8. The lowest BCUT2D eigenvalue weighted by molar-refractivity contribution is -0.146. The number of rotatable bonds is 6. The lowest BCUT2D eigenvalue weighted by Gasteiger charge is -2.11. The van der Waals surface area contributed by atoms with Crippen LogP contribution in [0.4, 0.5) is 0 Å². The summed E-state index contributed by atoms with van der Waals surface area (Å²) in [5, 5.41) is 2.61. The van der Waals surface area contributed by atoms with E-state index < -0.39 is 12.0 Å². The Labute approximate surface area is 131 Å². The second kappa shape index (κ2) is 7.42. The number of carbonyl (C=O) groups excluding carboxylic acids is 2. The zero-order chi connectivity index (χ0) is 15.2. The molecular formula is C14H16N2O3S2. The summed E-state index contributed by atoms with van der Waals surface area (Å²) < 4.78 is 6.78. The predicted molar refractivity (Wildman–Crippen MR) is 84.6 cm³/mol. The van der Waals surface area contributed by atoms with Crippen molar-refractivity contribution in [1.29, 1.82) is 0 Å². The van der Waals surface area contributed by atoms with Crippen molar-refractivity contribution in [3.8, 4) is 0 Å². The molecule has 0 bridgehead atoms. The molecule has 5 nitrogen and oxygen atoms in total. The fourth-order valence-corrected chi connectivity index (χ4v) is 3.53. The number of carbonyl (C=O) groups is 2. The minimum absolute atomic E-state index is 0.209. The van der Waals surface area contributed by atoms with Crippen molar-refractivity contribution in [2.45, 2.75) is 24.2 Å². The highest BCUT2D eigenvalue weighted by atomic mass is 32.2. The van der Waals surface area contributed by atoms with E-state index in [1.807, 2.05) is 24.3 Å². The summed E-state index contributed by atoms with van der Waals surface area (Å²) in [4.78, 5) is 27.6. The predicted octanol–water partition coefficient (Wildman–Crippen LogP) is 2.46. The van der Waals surface area contributed by atoms with E-state index in [0.29, 0.717) is 6.61 Å². The molecule has 0 fully saturated rings. The molecule has 1 aromatic carbocycles. The Kier molecular flexibility index (Phi) is 5.58. The van der Waals surface area contributed by atoms with E-state index in [9.17, 15) is 9.59 Å². The molecule has 1 heterocycles. The van der Waals surface area contributed by atoms with Gasteiger partial charge < -0.3 is 10.1 Å². The van der Waals surface area contributed by atoms with Crippen molar-refractivity contribution in [3.05, 3.63) is 24.3 Å². The van der Waals surface area contributed by atoms with Crippen molar-refractivity contribution in [1.82, 2.24) is 10.3 Å². The topological polar surface area (TPSA) is 68.3 Å². The largest absolute Gasteiger partial charge is 0.464 e. The Balaban J connectivity index is 1.84. The number of hydrogen-bond donors (Lipinski definition) is 1. The summed E-state index contributed by atoms with van der Waals surface area (Å²) in [7, 11) is 0. The van der Waals surface area contributed by atoms with Gasteiger partial charge in [-0.15, -0.1) is 11.3 Å². The molecule has 7 heteroatoms. The summed E-state index contributed by atoms with van der Waals surface area (Å²) in [6, 6.07) is 7.21. The van der Waals surface area contributed by atoms with Gasteiger partial charge in [-0.3, -0.25) is 4.79 Å². The van der Waals surface area contributed by atoms with Crippen LogP contribution in [0, 0.1) is 0 Å². The van der Waals surface area contributed by atoms with Crippen molar-refractivity contribution in [2.75, 3.05) is 12.4 Å². The number of nitrogens with zero attached hydrogens (tertiary/aromatic N) is 1. The molecule has 0 radical (unpaired) electrons. The first-order valence-corrected chi connectivity index (χ1v) is 8.34. The van der Waals surface area contributed by atoms with Gasteiger partial charge in [0.15, 0.2) is 4.34 Å². The van der Waals surface area contributed by atoms with Gasteiger partial charge in [-0.25, -0.2) is 9.78 Å². The summed E-state index contributed by atoms with van der Waals surface area (Å²) in [6.07, 6.45) is 0. The molecule has 0 aliphatic rings. The number of fused-ring (bicyclic) bond motifs is 1. The molecule has 2 rings (SSSR count). The van der Waals surface area contributed by atoms with E-state index in [1.165, 1.54) is 11.8 Å². The Morgan fingerprint density at radius 3 is 2.90 bits per heavy atom. The molecule has 1 N–H and O–H groups in total. The highest BCUT2D eigenvalue weighted by Crippen LogP contribution is 2.28. The van der Waals surface area contributed by atoms with Crippen LogP contribution < -0.4 is 5.32 Å². The number of thiazole rings is 1. The van der Waals surface area contributed by atoms with Gasteiger partial charge in [0.2, 0.25) is 5.91 Å². The number of ether oxygens (including phenoxy) is 1. The number of aromatic nitrogens is 1. The third kappa shape index (κ3) is 4.44. The van der Waals surface area contributed by atoms with E-state index in [4.69, 9.17) is 4.74 Å². The minimum atomic E-state index is -0.631. The van der Waals surface area contributed by atoms with Gasteiger partial charge in [-0.05, 0) is 26.0 Å². The quantitative estimate of drug-likeness (QED) is 0.653. The van der Waals surface area contributed by atoms with Crippen molar-refractivity contribution in [3.63, 3.8) is 0 Å². The summed E-state index contributed by atoms with van der Waals surface area (Å²) in [5.41, 5.74) is 0.935. The molecule has 1 unspecified atom stereocenters. The molecule has 1 aromatic heterocycles. The summed E-state index contributed by atoms with van der Waals surface area (Å²) >= 11 is 2.92. The smallest absolute Gasteiger partial charge is 0.328 e. The van der Waals surface area contributed by atoms with Crippen LogP contribution in [0.5, 0.6) is 0 Å². The molecule has 112 valence electrons. The Morgan fingerprint density at radius 2 is 2.19 bits per heavy atom. The van der Waals surface area contributed by atoms with E-state index in [0.717, 1.165) is 14.6 Å². The third-order valence-corrected chi connectivity index (χ3v) is 4.80. The van der Waals surface area contributed by atoms with Crippen molar-refractivity contribution >= 4 is 45.2 Å². The number of esters is 1. The Morgan fingerprint density at radius 1 is 1.43 bits per heavy atom. The molecule has 1 amide bonds. The zero-order valence-corrected chi connectivity index (χ0v) is 13.4. The van der Waals surface area contributed by atoms with Gasteiger partial charge >= 0.3 is 5.97 Å². The lowest BCUT2D eigenvalue weighted by atomic mass is 10.3. The van der Waals surface area contributed by atoms with Crippen LogP contribution in [0.1, 0.15) is 13.8 Å². The monoisotopic (exact) mass is 324 g/mol. The molecule has 0 saturated heterocycles. The van der Waals surface area contributed by atoms with Crippen LogP contribution >= 0.6 is 23.1 Å². The lowest BCUT2D eigenvalue weighted by Crippen LogP contribution is -2.40. The molecule has 21 heavy (non-hydrogen) atoms. The van der Waals surface area contributed by atoms with Gasteiger partial charge in [0.05, 0.1) is 22.6 Å². The summed E-state index contributed by atoms with van der Waals surface area (Å²) in [6.45, 7) is 3.65. The standard InChI is InChI=1S/C14H16N2O3S2/c1-3-19-13(18)9(2)15-12(17)8-20-14-16-10-6-4-5-7-11(10)21-14/h4-7,9H,3,8H2,1-2H3,(H,15,17). The van der Waals surface area contributed by atoms with E-state index in [1.54, 1.807) is 25.2 Å². The maximum atomic E-state index is 11.8. The molecule has 0 aliphatic heterocycles. The maximum absolute atomic E-state index is 11.8. The van der Waals surface area contributed by atoms with Crippen LogP contribution in [0.25, 0.3) is 10.2 Å². The number of hydrogen-bond acceptors (Lipinski definition) is 6. The number of nitrogens with one attached hydrogen (secondary N) is 1. The first kappa shape index (κ1) is 15.8. The SMILES string of the molecule is CCOC(=O)C(C)NC(=O)CSc1nc2ccccc2s1. The molecule has 0 spiro atoms. The second-order valence-corrected chi connectivity index (χ2v) is 6.53. The van der Waals surface area contributed by atoms with Gasteiger partial charge in [0.1, 0.15) is 6.04 Å². The first-order chi connectivity index (χ1) is 10.1. The molecule has 0 saturated carbocycles. The maximum Gasteiger partial charge on any atom is 0.328 e. The van der Waals surface area contributed by atoms with Crippen LogP contribution in [-0.4, -0.2) is 35.3 Å². The van der Waals surface area contributed by atoms with Crippen LogP contribution in [0.2, 0.25) is 0 Å². The van der Waals surface area contributed by atoms with Gasteiger partial charge in [0, 0.05) is 0 Å². The average molecular weight is 324 g/mol. The average Bonchev–Trinajstić information content (AvgIpc) is 2.88. The minimum Gasteiger partial charge on any atom is -0.464 e. The number of thioether (sulfide) groups is 1. The number of amides is 1. The Bertz CT molecular complexity index is 609. The van der Waals surface area contributed by atoms with Gasteiger partial charge in [-0.2, -0.15) is 0 Å². The number of benzene rings is 1. The van der Waals surface area contributed by atoms with Crippen molar-refractivity contribution in [2.24, 2.45) is 0 Å². The van der Waals surface area contributed by atoms with E-state index in [2.05, 4.69) is 10.3 Å². The van der Waals surface area contributed by atoms with E-state index >= 15 is 0 Å². The Hall–Kier alpha value is -1.60. The van der Waals surface area contributed by atoms with Gasteiger partial charge in [0.25, 0.3) is 0 Å². The van der Waals surface area contributed by atoms with E-state index in [-0.39, 0.29) is 11.7 Å².